The van der Waals surface area contributed by atoms with E-state index in [1.165, 1.54) is 94.1 Å². The largest absolute Gasteiger partial charge is 0.331 e. The second kappa shape index (κ2) is 17.5. The normalized spacial score (nSPS) is 15.9. The molecule has 0 radical (unpaired) electrons. The van der Waals surface area contributed by atoms with Crippen molar-refractivity contribution in [2.45, 2.75) is 18.4 Å². The van der Waals surface area contributed by atoms with Gasteiger partial charge in [0.25, 0.3) is 0 Å². The molecule has 0 aromatic heterocycles. The van der Waals surface area contributed by atoms with Crippen LogP contribution < -0.4 is 9.80 Å². The molecule has 2 nitrogen and oxygen atoms in total. The summed E-state index contributed by atoms with van der Waals surface area (Å²) in [6.07, 6.45) is 7.27. The fourth-order valence-corrected chi connectivity index (χ4v) is 11.4. The first kappa shape index (κ1) is 42.1. The Kier molecular flexibility index (Phi) is 10.4. The van der Waals surface area contributed by atoms with Gasteiger partial charge in [0.2, 0.25) is 0 Å². The van der Waals surface area contributed by atoms with Crippen molar-refractivity contribution in [3.05, 3.63) is 290 Å². The van der Waals surface area contributed by atoms with E-state index >= 15 is 0 Å². The molecule has 0 spiro atoms. The molecule has 0 N–H and O–H groups in total. The Morgan fingerprint density at radius 1 is 0.380 bits per heavy atom. The zero-order valence-corrected chi connectivity index (χ0v) is 39.5. The van der Waals surface area contributed by atoms with E-state index in [1.807, 2.05) is 0 Å². The highest BCUT2D eigenvalue weighted by molar-refractivity contribution is 5.97. The van der Waals surface area contributed by atoms with E-state index in [-0.39, 0.29) is 11.5 Å². The van der Waals surface area contributed by atoms with E-state index in [2.05, 4.69) is 296 Å². The Balaban J connectivity index is 0.895. The molecule has 336 valence electrons. The second-order valence-electron chi connectivity index (χ2n) is 19.1. The van der Waals surface area contributed by atoms with Crippen LogP contribution in [-0.4, -0.2) is 5.54 Å². The van der Waals surface area contributed by atoms with Gasteiger partial charge in [-0.3, -0.25) is 0 Å². The highest BCUT2D eigenvalue weighted by Crippen LogP contribution is 2.58. The Labute approximate surface area is 416 Å². The molecule has 1 heterocycles. The molecule has 0 amide bonds. The summed E-state index contributed by atoms with van der Waals surface area (Å²) in [5.74, 6) is 0.123. The maximum absolute atomic E-state index is 2.56. The second-order valence-corrected chi connectivity index (χ2v) is 19.1. The topological polar surface area (TPSA) is 6.48 Å². The number of allylic oxidation sites excluding steroid dienone is 2. The van der Waals surface area contributed by atoms with E-state index < -0.39 is 0 Å². The molecule has 11 aromatic carbocycles. The summed E-state index contributed by atoms with van der Waals surface area (Å²) in [5, 5.41) is 5.01. The van der Waals surface area contributed by atoms with Crippen LogP contribution in [0.15, 0.2) is 279 Å². The molecule has 0 saturated heterocycles. The van der Waals surface area contributed by atoms with Gasteiger partial charge in [0, 0.05) is 34.4 Å². The van der Waals surface area contributed by atoms with Crippen LogP contribution in [0.1, 0.15) is 24.0 Å². The van der Waals surface area contributed by atoms with Gasteiger partial charge in [-0.15, -0.1) is 0 Å². The fraction of sp³-hybridized carbons (Fsp3) is 0.0435. The summed E-state index contributed by atoms with van der Waals surface area (Å²) in [5.41, 5.74) is 18.8. The van der Waals surface area contributed by atoms with Gasteiger partial charge >= 0.3 is 0 Å². The molecule has 2 unspecified atom stereocenters. The third kappa shape index (κ3) is 7.53. The summed E-state index contributed by atoms with van der Waals surface area (Å²) in [7, 11) is 0. The van der Waals surface area contributed by atoms with Crippen molar-refractivity contribution >= 4 is 55.6 Å². The van der Waals surface area contributed by atoms with Crippen molar-refractivity contribution in [3.8, 4) is 44.5 Å². The number of anilines is 5. The third-order valence-corrected chi connectivity index (χ3v) is 14.9. The monoisotopic (exact) mass is 906 g/mol. The zero-order chi connectivity index (χ0) is 47.3. The molecule has 11 aromatic rings. The molecule has 2 atom stereocenters. The van der Waals surface area contributed by atoms with Crippen LogP contribution in [0.3, 0.4) is 0 Å². The van der Waals surface area contributed by atoms with Gasteiger partial charge in [-0.2, -0.15) is 0 Å². The molecule has 1 aliphatic heterocycles. The molecular weight excluding hydrogens is 857 g/mol. The molecule has 0 bridgehead atoms. The van der Waals surface area contributed by atoms with Crippen LogP contribution in [0.5, 0.6) is 0 Å². The molecular formula is C69H50N2. The zero-order valence-electron chi connectivity index (χ0n) is 39.5. The minimum Gasteiger partial charge on any atom is -0.331 e. The molecule has 1 aliphatic carbocycles. The van der Waals surface area contributed by atoms with Gasteiger partial charge in [0.15, 0.2) is 0 Å². The van der Waals surface area contributed by atoms with E-state index in [0.29, 0.717) is 0 Å². The van der Waals surface area contributed by atoms with Crippen LogP contribution in [-0.2, 0) is 0 Å². The number of hydrogen-bond donors (Lipinski definition) is 0. The van der Waals surface area contributed by atoms with Crippen LogP contribution >= 0.6 is 0 Å². The first-order chi connectivity index (χ1) is 35.1. The Morgan fingerprint density at radius 3 is 1.68 bits per heavy atom. The van der Waals surface area contributed by atoms with Crippen molar-refractivity contribution in [3.63, 3.8) is 0 Å². The van der Waals surface area contributed by atoms with Crippen LogP contribution in [0.4, 0.5) is 28.4 Å². The smallest absolute Gasteiger partial charge is 0.0718 e. The van der Waals surface area contributed by atoms with E-state index in [1.54, 1.807) is 0 Å². The number of fused-ring (bicyclic) bond motifs is 5. The van der Waals surface area contributed by atoms with Crippen molar-refractivity contribution in [1.82, 2.24) is 0 Å². The number of nitrogens with zero attached hydrogens (tertiary/aromatic N) is 2. The van der Waals surface area contributed by atoms with Crippen molar-refractivity contribution in [1.29, 1.82) is 0 Å². The Morgan fingerprint density at radius 2 is 0.930 bits per heavy atom. The third-order valence-electron chi connectivity index (χ3n) is 14.9. The van der Waals surface area contributed by atoms with Gasteiger partial charge in [0.05, 0.1) is 5.54 Å². The molecule has 71 heavy (non-hydrogen) atoms. The van der Waals surface area contributed by atoms with Crippen molar-refractivity contribution in [2.24, 2.45) is 0 Å². The van der Waals surface area contributed by atoms with Gasteiger partial charge in [-0.25, -0.2) is 0 Å². The lowest BCUT2D eigenvalue weighted by atomic mass is 9.75. The predicted molar refractivity (Wildman–Crippen MR) is 301 cm³/mol. The standard InChI is InChI=1S/C69H50N2/c1-69-47-58(48-15-4-2-5-16-48)39-44-66(69)68-65(27-14-28-67(68)71(69)61-22-6-3-7-23-61)57-21-12-24-62(46-57)70(60-42-37-52(38-43-60)56-34-31-49-17-8-9-19-55(49)45-56)59-40-35-51(36-41-59)50-29-32-54(33-30-50)64-26-13-20-53-18-10-11-25-63(53)64/h2-47,66H,1H3. The first-order valence-corrected chi connectivity index (χ1v) is 24.7. The minimum atomic E-state index is -0.339. The number of rotatable bonds is 9. The van der Waals surface area contributed by atoms with Crippen LogP contribution in [0, 0.1) is 0 Å². The predicted octanol–water partition coefficient (Wildman–Crippen LogP) is 18.8. The summed E-state index contributed by atoms with van der Waals surface area (Å²) in [4.78, 5) is 4.97. The highest BCUT2D eigenvalue weighted by atomic mass is 15.2. The molecule has 13 rings (SSSR count). The maximum Gasteiger partial charge on any atom is 0.0718 e. The number of hydrogen-bond acceptors (Lipinski definition) is 2. The van der Waals surface area contributed by atoms with E-state index in [4.69, 9.17) is 0 Å². The summed E-state index contributed by atoms with van der Waals surface area (Å²) < 4.78 is 0. The Bertz CT molecular complexity index is 3810. The molecule has 2 aliphatic rings. The summed E-state index contributed by atoms with van der Waals surface area (Å²) in [6.45, 7) is 2.41. The SMILES string of the molecule is CC12C=C(c3ccccc3)C=CC1c1c(-c3cccc(N(c4ccc(-c5ccc(-c6cccc7ccccc67)cc5)cc4)c4ccc(-c5ccc6ccccc6c5)cc4)c3)cccc1N2c1ccccc1. The average molecular weight is 907 g/mol. The van der Waals surface area contributed by atoms with Crippen molar-refractivity contribution in [2.75, 3.05) is 9.80 Å². The summed E-state index contributed by atoms with van der Waals surface area (Å²) >= 11 is 0. The lowest BCUT2D eigenvalue weighted by Gasteiger charge is -2.40. The van der Waals surface area contributed by atoms with Crippen LogP contribution in [0.25, 0.3) is 71.6 Å². The van der Waals surface area contributed by atoms with E-state index in [0.717, 1.165) is 17.1 Å². The van der Waals surface area contributed by atoms with Gasteiger partial charge < -0.3 is 9.80 Å². The minimum absolute atomic E-state index is 0.123. The maximum atomic E-state index is 2.56. The first-order valence-electron chi connectivity index (χ1n) is 24.7. The van der Waals surface area contributed by atoms with Crippen molar-refractivity contribution < 1.29 is 0 Å². The van der Waals surface area contributed by atoms with Crippen LogP contribution in [0.2, 0.25) is 0 Å². The summed E-state index contributed by atoms with van der Waals surface area (Å²) in [6, 6.07) is 95.3. The lowest BCUT2D eigenvalue weighted by Crippen LogP contribution is -2.42. The molecule has 2 heteroatoms. The molecule has 0 saturated carbocycles. The van der Waals surface area contributed by atoms with Gasteiger partial charge in [-0.1, -0.05) is 218 Å². The highest BCUT2D eigenvalue weighted by Gasteiger charge is 2.49. The number of para-hydroxylation sites is 1. The van der Waals surface area contributed by atoms with Gasteiger partial charge in [-0.05, 0) is 150 Å². The lowest BCUT2D eigenvalue weighted by molar-refractivity contribution is 0.545. The fourth-order valence-electron chi connectivity index (χ4n) is 11.4. The number of benzene rings is 11. The quantitative estimate of drug-likeness (QED) is 0.142. The molecule has 0 fully saturated rings. The van der Waals surface area contributed by atoms with Gasteiger partial charge in [0.1, 0.15) is 0 Å². The van der Waals surface area contributed by atoms with E-state index in [9.17, 15) is 0 Å². The Hall–Kier alpha value is -8.98. The average Bonchev–Trinajstić information content (AvgIpc) is 3.72.